The summed E-state index contributed by atoms with van der Waals surface area (Å²) in [7, 11) is 0. The number of carbonyl (C=O) groups excluding carboxylic acids is 1. The highest BCUT2D eigenvalue weighted by Crippen LogP contribution is 2.32. The highest BCUT2D eigenvalue weighted by molar-refractivity contribution is 5.74. The summed E-state index contributed by atoms with van der Waals surface area (Å²) in [5, 5.41) is 5.68. The molecule has 1 aliphatic rings. The molecule has 144 valence electrons. The van der Waals surface area contributed by atoms with Gasteiger partial charge in [-0.2, -0.15) is 0 Å². The van der Waals surface area contributed by atoms with Gasteiger partial charge in [-0.25, -0.2) is 9.18 Å². The van der Waals surface area contributed by atoms with Crippen LogP contribution in [-0.4, -0.2) is 32.4 Å². The van der Waals surface area contributed by atoms with Crippen LogP contribution >= 0.6 is 0 Å². The van der Waals surface area contributed by atoms with Crippen molar-refractivity contribution < 1.29 is 23.4 Å². The topological polar surface area (TPSA) is 68.8 Å². The van der Waals surface area contributed by atoms with E-state index in [9.17, 15) is 9.18 Å². The van der Waals surface area contributed by atoms with Crippen LogP contribution in [0.25, 0.3) is 0 Å². The Labute approximate surface area is 157 Å². The highest BCUT2D eigenvalue weighted by Gasteiger charge is 2.15. The van der Waals surface area contributed by atoms with Crippen LogP contribution < -0.4 is 24.8 Å². The molecule has 0 spiro atoms. The Morgan fingerprint density at radius 1 is 1.15 bits per heavy atom. The largest absolute Gasteiger partial charge is 0.494 e. The quantitative estimate of drug-likeness (QED) is 0.729. The van der Waals surface area contributed by atoms with Crippen LogP contribution in [0.15, 0.2) is 42.5 Å². The van der Waals surface area contributed by atoms with Gasteiger partial charge in [0.05, 0.1) is 12.6 Å². The van der Waals surface area contributed by atoms with E-state index in [0.29, 0.717) is 44.3 Å². The minimum Gasteiger partial charge on any atom is -0.494 e. The van der Waals surface area contributed by atoms with Crippen LogP contribution in [0.4, 0.5) is 9.18 Å². The number of hydrogen-bond donors (Lipinski definition) is 2. The number of amides is 2. The summed E-state index contributed by atoms with van der Waals surface area (Å²) >= 11 is 0. The summed E-state index contributed by atoms with van der Waals surface area (Å²) in [4.78, 5) is 12.0. The molecule has 0 radical (unpaired) electrons. The van der Waals surface area contributed by atoms with Crippen molar-refractivity contribution in [2.24, 2.45) is 0 Å². The fourth-order valence-electron chi connectivity index (χ4n) is 2.66. The third-order valence-corrected chi connectivity index (χ3v) is 4.10. The first kappa shape index (κ1) is 18.8. The third-order valence-electron chi connectivity index (χ3n) is 4.10. The Morgan fingerprint density at radius 2 is 1.89 bits per heavy atom. The Balaban J connectivity index is 1.36. The average Bonchev–Trinajstić information content (AvgIpc) is 2.68. The molecular weight excluding hydrogens is 351 g/mol. The maximum Gasteiger partial charge on any atom is 0.315 e. The molecule has 0 aromatic heterocycles. The molecule has 1 atom stereocenters. The van der Waals surface area contributed by atoms with Crippen molar-refractivity contribution in [3.63, 3.8) is 0 Å². The number of carbonyl (C=O) groups is 1. The molecular formula is C20H23FN2O4. The van der Waals surface area contributed by atoms with Crippen molar-refractivity contribution in [2.75, 3.05) is 26.4 Å². The predicted molar refractivity (Wildman–Crippen MR) is 98.9 cm³/mol. The lowest BCUT2D eigenvalue weighted by Crippen LogP contribution is -2.37. The van der Waals surface area contributed by atoms with Crippen molar-refractivity contribution in [3.05, 3.63) is 53.8 Å². The van der Waals surface area contributed by atoms with E-state index in [0.717, 1.165) is 11.3 Å². The Bertz CT molecular complexity index is 767. The first-order chi connectivity index (χ1) is 13.1. The maximum absolute atomic E-state index is 12.8. The molecule has 1 aliphatic heterocycles. The minimum absolute atomic E-state index is 0.170. The van der Waals surface area contributed by atoms with E-state index >= 15 is 0 Å². The van der Waals surface area contributed by atoms with Gasteiger partial charge < -0.3 is 24.8 Å². The zero-order chi connectivity index (χ0) is 19.1. The van der Waals surface area contributed by atoms with Crippen molar-refractivity contribution in [1.82, 2.24) is 10.6 Å². The van der Waals surface area contributed by atoms with E-state index in [-0.39, 0.29) is 17.9 Å². The molecule has 0 fully saturated rings. The van der Waals surface area contributed by atoms with Crippen molar-refractivity contribution >= 4 is 6.03 Å². The molecule has 1 unspecified atom stereocenters. The molecule has 0 aliphatic carbocycles. The molecule has 1 heterocycles. The van der Waals surface area contributed by atoms with E-state index in [2.05, 4.69) is 10.6 Å². The van der Waals surface area contributed by atoms with Crippen molar-refractivity contribution in [3.8, 4) is 17.2 Å². The van der Waals surface area contributed by atoms with E-state index in [1.54, 1.807) is 12.1 Å². The number of ether oxygens (including phenoxy) is 3. The van der Waals surface area contributed by atoms with Crippen LogP contribution in [0.5, 0.6) is 17.2 Å². The van der Waals surface area contributed by atoms with E-state index in [1.807, 2.05) is 25.1 Å². The van der Waals surface area contributed by atoms with Crippen LogP contribution in [0.1, 0.15) is 24.9 Å². The van der Waals surface area contributed by atoms with Crippen LogP contribution in [0.2, 0.25) is 0 Å². The van der Waals surface area contributed by atoms with E-state index in [4.69, 9.17) is 14.2 Å². The summed E-state index contributed by atoms with van der Waals surface area (Å²) in [5.41, 5.74) is 0.939. The molecule has 2 N–H and O–H groups in total. The van der Waals surface area contributed by atoms with Gasteiger partial charge in [0.1, 0.15) is 24.8 Å². The zero-order valence-electron chi connectivity index (χ0n) is 15.2. The Morgan fingerprint density at radius 3 is 2.67 bits per heavy atom. The number of hydrogen-bond acceptors (Lipinski definition) is 4. The smallest absolute Gasteiger partial charge is 0.315 e. The van der Waals surface area contributed by atoms with Crippen molar-refractivity contribution in [1.29, 1.82) is 0 Å². The summed E-state index contributed by atoms with van der Waals surface area (Å²) in [5.74, 6) is 1.73. The zero-order valence-corrected chi connectivity index (χ0v) is 15.2. The maximum atomic E-state index is 12.8. The van der Waals surface area contributed by atoms with Crippen LogP contribution in [0, 0.1) is 5.82 Å². The SMILES string of the molecule is CC(NC(=O)NCCCOc1ccc(F)cc1)c1ccc2c(c1)OCCO2. The first-order valence-electron chi connectivity index (χ1n) is 8.94. The predicted octanol–water partition coefficient (Wildman–Crippen LogP) is 3.43. The average molecular weight is 374 g/mol. The monoisotopic (exact) mass is 374 g/mol. The van der Waals surface area contributed by atoms with Gasteiger partial charge in [0.15, 0.2) is 11.5 Å². The van der Waals surface area contributed by atoms with Gasteiger partial charge in [0.25, 0.3) is 0 Å². The molecule has 0 saturated heterocycles. The second kappa shape index (κ2) is 9.12. The van der Waals surface area contributed by atoms with Gasteiger partial charge >= 0.3 is 6.03 Å². The van der Waals surface area contributed by atoms with E-state index < -0.39 is 0 Å². The van der Waals surface area contributed by atoms with Crippen LogP contribution in [-0.2, 0) is 0 Å². The van der Waals surface area contributed by atoms with Gasteiger partial charge in [-0.05, 0) is 55.3 Å². The summed E-state index contributed by atoms with van der Waals surface area (Å²) in [6.07, 6.45) is 0.642. The summed E-state index contributed by atoms with van der Waals surface area (Å²) < 4.78 is 29.4. The van der Waals surface area contributed by atoms with Gasteiger partial charge in [0, 0.05) is 6.54 Å². The molecule has 7 heteroatoms. The molecule has 2 aromatic rings. The number of benzene rings is 2. The number of urea groups is 1. The molecule has 27 heavy (non-hydrogen) atoms. The standard InChI is InChI=1S/C20H23FN2O4/c1-14(15-3-8-18-19(13-15)27-12-11-26-18)23-20(24)22-9-2-10-25-17-6-4-16(21)5-7-17/h3-8,13-14H,2,9-12H2,1H3,(H2,22,23,24). The van der Waals surface area contributed by atoms with Gasteiger partial charge in [-0.1, -0.05) is 6.07 Å². The van der Waals surface area contributed by atoms with Gasteiger partial charge in [-0.15, -0.1) is 0 Å². The number of fused-ring (bicyclic) bond motifs is 1. The fourth-order valence-corrected chi connectivity index (χ4v) is 2.66. The Hall–Kier alpha value is -2.96. The summed E-state index contributed by atoms with van der Waals surface area (Å²) in [6, 6.07) is 11.1. The molecule has 3 rings (SSSR count). The van der Waals surface area contributed by atoms with Gasteiger partial charge in [0.2, 0.25) is 0 Å². The van der Waals surface area contributed by atoms with E-state index in [1.165, 1.54) is 12.1 Å². The Kier molecular flexibility index (Phi) is 6.35. The summed E-state index contributed by atoms with van der Waals surface area (Å²) in [6.45, 7) is 3.89. The number of halogens is 1. The third kappa shape index (κ3) is 5.51. The lowest BCUT2D eigenvalue weighted by molar-refractivity contribution is 0.171. The molecule has 0 bridgehead atoms. The number of nitrogens with one attached hydrogen (secondary N) is 2. The fraction of sp³-hybridized carbons (Fsp3) is 0.350. The normalized spacial score (nSPS) is 13.6. The molecule has 2 aromatic carbocycles. The second-order valence-corrected chi connectivity index (χ2v) is 6.18. The molecule has 2 amide bonds. The molecule has 6 nitrogen and oxygen atoms in total. The first-order valence-corrected chi connectivity index (χ1v) is 8.94. The molecule has 0 saturated carbocycles. The minimum atomic E-state index is -0.298. The van der Waals surface area contributed by atoms with Gasteiger partial charge in [-0.3, -0.25) is 0 Å². The number of rotatable bonds is 7. The highest BCUT2D eigenvalue weighted by atomic mass is 19.1. The second-order valence-electron chi connectivity index (χ2n) is 6.18. The lowest BCUT2D eigenvalue weighted by atomic mass is 10.1. The van der Waals surface area contributed by atoms with Crippen molar-refractivity contribution in [2.45, 2.75) is 19.4 Å². The lowest BCUT2D eigenvalue weighted by Gasteiger charge is -2.21. The van der Waals surface area contributed by atoms with Crippen LogP contribution in [0.3, 0.4) is 0 Å².